The van der Waals surface area contributed by atoms with Crippen LogP contribution in [0.2, 0.25) is 0 Å². The van der Waals surface area contributed by atoms with Crippen LogP contribution >= 0.6 is 0 Å². The van der Waals surface area contributed by atoms with Crippen molar-refractivity contribution >= 4 is 9.05 Å². The van der Waals surface area contributed by atoms with E-state index >= 15 is 0 Å². The molecule has 52 valence electrons. The predicted molar refractivity (Wildman–Crippen MR) is 15.7 cm³/mol. The van der Waals surface area contributed by atoms with Crippen LogP contribution in [0.5, 0.6) is 0 Å². The molecule has 0 fully saturated rings. The van der Waals surface area contributed by atoms with Crippen molar-refractivity contribution in [2.45, 2.75) is 0 Å². The number of hydrogen-bond donors (Lipinski definition) is 4. The fourth-order valence-corrected chi connectivity index (χ4v) is 0. The molecule has 0 aliphatic carbocycles. The van der Waals surface area contributed by atoms with E-state index in [1.807, 2.05) is 0 Å². The SMILES string of the molecule is O[Si](O)(O)O.[Fe].[H-].[Li+].[Ni]. The van der Waals surface area contributed by atoms with Crippen molar-refractivity contribution in [3.05, 3.63) is 0 Å². The van der Waals surface area contributed by atoms with Crippen LogP contribution in [0.25, 0.3) is 0 Å². The molecule has 0 saturated carbocycles. The molecular weight excluding hydrogens is 214 g/mol. The molecule has 0 heterocycles. The third kappa shape index (κ3) is 123. The van der Waals surface area contributed by atoms with Crippen LogP contribution in [0, 0.1) is 0 Å². The molecule has 0 aromatic carbocycles. The second-order valence-electron chi connectivity index (χ2n) is 0.600. The molecular formula is H5FeLiNiO4Si. The molecule has 0 aliphatic heterocycles. The normalized spacial score (nSPS) is 7.50. The van der Waals surface area contributed by atoms with Crippen molar-refractivity contribution in [1.29, 1.82) is 0 Å². The Bertz CT molecular complexity index is 36.0. The van der Waals surface area contributed by atoms with Gasteiger partial charge in [0.15, 0.2) is 0 Å². The molecule has 0 bridgehead atoms. The van der Waals surface area contributed by atoms with Gasteiger partial charge >= 0.3 is 27.9 Å². The van der Waals surface area contributed by atoms with Crippen molar-refractivity contribution in [1.82, 2.24) is 0 Å². The topological polar surface area (TPSA) is 80.9 Å². The van der Waals surface area contributed by atoms with Crippen LogP contribution in [-0.4, -0.2) is 28.2 Å². The van der Waals surface area contributed by atoms with Gasteiger partial charge in [0, 0.05) is 33.6 Å². The minimum atomic E-state index is -4.61. The summed E-state index contributed by atoms with van der Waals surface area (Å²) in [6, 6.07) is 0. The smallest absolute Gasteiger partial charge is 1.00 e. The molecule has 0 aromatic heterocycles. The second-order valence-corrected chi connectivity index (χ2v) is 1.80. The van der Waals surface area contributed by atoms with Gasteiger partial charge in [-0.3, -0.25) is 0 Å². The van der Waals surface area contributed by atoms with Crippen LogP contribution in [0.3, 0.4) is 0 Å². The Hall–Kier alpha value is 1.67. The summed E-state index contributed by atoms with van der Waals surface area (Å²) in [5, 5.41) is 0. The van der Waals surface area contributed by atoms with E-state index in [0.29, 0.717) is 0 Å². The maximum absolute atomic E-state index is 7.33. The zero-order valence-electron chi connectivity index (χ0n) is 4.96. The molecule has 0 rings (SSSR count). The van der Waals surface area contributed by atoms with Crippen molar-refractivity contribution in [2.24, 2.45) is 0 Å². The van der Waals surface area contributed by atoms with Gasteiger partial charge in [-0.2, -0.15) is 0 Å². The zero-order chi connectivity index (χ0) is 4.50. The Labute approximate surface area is 81.9 Å². The largest absolute Gasteiger partial charge is 1.00 e. The summed E-state index contributed by atoms with van der Waals surface area (Å²) < 4.78 is 0. The average molecular weight is 219 g/mol. The molecule has 8 heavy (non-hydrogen) atoms. The van der Waals surface area contributed by atoms with Gasteiger partial charge in [-0.05, 0) is 0 Å². The summed E-state index contributed by atoms with van der Waals surface area (Å²) in [6.07, 6.45) is 0. The number of rotatable bonds is 0. The van der Waals surface area contributed by atoms with Gasteiger partial charge in [-0.25, -0.2) is 0 Å². The van der Waals surface area contributed by atoms with Gasteiger partial charge in [0.05, 0.1) is 0 Å². The van der Waals surface area contributed by atoms with Crippen molar-refractivity contribution in [2.75, 3.05) is 0 Å². The summed E-state index contributed by atoms with van der Waals surface area (Å²) in [7, 11) is -4.61. The minimum absolute atomic E-state index is 0. The van der Waals surface area contributed by atoms with Crippen LogP contribution in [0.15, 0.2) is 0 Å². The Morgan fingerprint density at radius 1 is 1.00 bits per heavy atom. The maximum Gasteiger partial charge on any atom is 1.00 e. The molecule has 4 N–H and O–H groups in total. The summed E-state index contributed by atoms with van der Waals surface area (Å²) >= 11 is 0. The average Bonchev–Trinajstić information content (AvgIpc) is 0.722. The molecule has 0 aliphatic rings. The molecule has 0 saturated heterocycles. The maximum atomic E-state index is 7.33. The van der Waals surface area contributed by atoms with Crippen LogP contribution in [0.1, 0.15) is 1.43 Å². The van der Waals surface area contributed by atoms with Gasteiger partial charge in [0.25, 0.3) is 0 Å². The van der Waals surface area contributed by atoms with Crippen molar-refractivity contribution in [3.63, 3.8) is 0 Å². The first-order valence-electron chi connectivity index (χ1n) is 0.894. The van der Waals surface area contributed by atoms with Gasteiger partial charge < -0.3 is 20.6 Å². The van der Waals surface area contributed by atoms with E-state index < -0.39 is 9.05 Å². The number of hydrogen-bond acceptors (Lipinski definition) is 4. The van der Waals surface area contributed by atoms with Crippen LogP contribution in [-0.2, 0) is 33.6 Å². The molecule has 0 unspecified atom stereocenters. The Kier molecular flexibility index (Phi) is 24.5. The summed E-state index contributed by atoms with van der Waals surface area (Å²) in [5.74, 6) is 0. The summed E-state index contributed by atoms with van der Waals surface area (Å²) in [6.45, 7) is 0. The van der Waals surface area contributed by atoms with E-state index in [1.165, 1.54) is 0 Å². The quantitative estimate of drug-likeness (QED) is 0.306. The Balaban J connectivity index is -0.0000000133. The van der Waals surface area contributed by atoms with Gasteiger partial charge in [0.1, 0.15) is 0 Å². The summed E-state index contributed by atoms with van der Waals surface area (Å²) in [5.41, 5.74) is 0. The van der Waals surface area contributed by atoms with Crippen LogP contribution < -0.4 is 18.9 Å². The van der Waals surface area contributed by atoms with E-state index in [0.717, 1.165) is 0 Å². The molecule has 0 amide bonds. The van der Waals surface area contributed by atoms with E-state index in [9.17, 15) is 0 Å². The summed E-state index contributed by atoms with van der Waals surface area (Å²) in [4.78, 5) is 29.3. The molecule has 0 spiro atoms. The standard InChI is InChI=1S/Fe.Li.Ni.H4O4Si.H/c;;;1-5(2,3)4;/h;;;1-4H;/q;+1;;;-1. The minimum Gasteiger partial charge on any atom is -1.00 e. The van der Waals surface area contributed by atoms with Crippen molar-refractivity contribution < 1.29 is 73.0 Å². The third-order valence-corrected chi connectivity index (χ3v) is 0. The Morgan fingerprint density at radius 3 is 1.00 bits per heavy atom. The molecule has 0 radical (unpaired) electrons. The molecule has 0 atom stereocenters. The van der Waals surface area contributed by atoms with Gasteiger partial charge in [-0.1, -0.05) is 0 Å². The predicted octanol–water partition coefficient (Wildman–Crippen LogP) is -5.50. The van der Waals surface area contributed by atoms with Crippen LogP contribution in [0.4, 0.5) is 0 Å². The molecule has 4 nitrogen and oxygen atoms in total. The van der Waals surface area contributed by atoms with Gasteiger partial charge in [0.2, 0.25) is 0 Å². The van der Waals surface area contributed by atoms with Crippen molar-refractivity contribution in [3.8, 4) is 0 Å². The van der Waals surface area contributed by atoms with Gasteiger partial charge in [-0.15, -0.1) is 0 Å². The van der Waals surface area contributed by atoms with E-state index in [4.69, 9.17) is 19.2 Å². The van der Waals surface area contributed by atoms with E-state index in [-0.39, 0.29) is 53.8 Å². The first-order valence-corrected chi connectivity index (χ1v) is 2.68. The fraction of sp³-hybridized carbons (Fsp3) is 0. The van der Waals surface area contributed by atoms with E-state index in [2.05, 4.69) is 0 Å². The first-order chi connectivity index (χ1) is 2.00. The fourth-order valence-electron chi connectivity index (χ4n) is 0. The Morgan fingerprint density at radius 2 is 1.00 bits per heavy atom. The molecule has 0 aromatic rings. The molecule has 8 heteroatoms. The second kappa shape index (κ2) is 8.67. The zero-order valence-corrected chi connectivity index (χ0v) is 7.05. The first kappa shape index (κ1) is 22.6. The third-order valence-electron chi connectivity index (χ3n) is 0. The monoisotopic (exact) mass is 218 g/mol. The van der Waals surface area contributed by atoms with E-state index in [1.54, 1.807) is 0 Å².